The second-order valence-electron chi connectivity index (χ2n) is 5.06. The zero-order valence-electron chi connectivity index (χ0n) is 12.0. The van der Waals surface area contributed by atoms with Gasteiger partial charge in [0.05, 0.1) is 12.5 Å². The molecule has 0 saturated carbocycles. The van der Waals surface area contributed by atoms with Crippen LogP contribution in [0.3, 0.4) is 0 Å². The zero-order chi connectivity index (χ0) is 15.2. The van der Waals surface area contributed by atoms with Crippen LogP contribution in [0.2, 0.25) is 0 Å². The highest BCUT2D eigenvalue weighted by Gasteiger charge is 2.37. The van der Waals surface area contributed by atoms with E-state index in [2.05, 4.69) is 5.32 Å². The molecule has 2 amide bonds. The van der Waals surface area contributed by atoms with Crippen molar-refractivity contribution in [1.82, 2.24) is 10.2 Å². The fourth-order valence-corrected chi connectivity index (χ4v) is 2.50. The Balaban J connectivity index is 1.72. The molecule has 0 aromatic heterocycles. The number of ether oxygens (including phenoxy) is 1. The number of carbonyl (C=O) groups is 2. The van der Waals surface area contributed by atoms with Gasteiger partial charge < -0.3 is 20.1 Å². The molecule has 0 bridgehead atoms. The summed E-state index contributed by atoms with van der Waals surface area (Å²) in [6.07, 6.45) is 0.504. The molecule has 21 heavy (non-hydrogen) atoms. The minimum absolute atomic E-state index is 0.233. The molecule has 0 aliphatic carbocycles. The van der Waals surface area contributed by atoms with Crippen molar-refractivity contribution in [3.8, 4) is 5.75 Å². The number of likely N-dealkylation sites (tertiary alicyclic amines) is 1. The first-order valence-corrected chi connectivity index (χ1v) is 7.04. The van der Waals surface area contributed by atoms with Crippen molar-refractivity contribution >= 4 is 12.0 Å². The summed E-state index contributed by atoms with van der Waals surface area (Å²) in [6, 6.07) is 8.85. The van der Waals surface area contributed by atoms with Gasteiger partial charge >= 0.3 is 12.0 Å². The molecule has 2 unspecified atom stereocenters. The molecule has 1 fully saturated rings. The zero-order valence-corrected chi connectivity index (χ0v) is 12.0. The maximum absolute atomic E-state index is 12.0. The van der Waals surface area contributed by atoms with Gasteiger partial charge in [0, 0.05) is 12.6 Å². The lowest BCUT2D eigenvalue weighted by Gasteiger charge is -2.23. The largest absolute Gasteiger partial charge is 0.492 e. The third kappa shape index (κ3) is 3.87. The fraction of sp³-hybridized carbons (Fsp3) is 0.467. The number of urea groups is 1. The van der Waals surface area contributed by atoms with Gasteiger partial charge in [-0.05, 0) is 25.5 Å². The first-order chi connectivity index (χ1) is 10.1. The number of carboxylic acids is 1. The van der Waals surface area contributed by atoms with E-state index in [-0.39, 0.29) is 12.1 Å². The van der Waals surface area contributed by atoms with Crippen molar-refractivity contribution in [2.24, 2.45) is 5.92 Å². The van der Waals surface area contributed by atoms with Crippen LogP contribution in [0.5, 0.6) is 5.75 Å². The van der Waals surface area contributed by atoms with Crippen LogP contribution in [0.1, 0.15) is 13.3 Å². The maximum Gasteiger partial charge on any atom is 0.317 e. The van der Waals surface area contributed by atoms with E-state index in [1.54, 1.807) is 11.8 Å². The molecule has 1 saturated heterocycles. The van der Waals surface area contributed by atoms with Crippen LogP contribution in [0.25, 0.3) is 0 Å². The summed E-state index contributed by atoms with van der Waals surface area (Å²) in [5.74, 6) is -0.561. The van der Waals surface area contributed by atoms with Crippen molar-refractivity contribution in [1.29, 1.82) is 0 Å². The lowest BCUT2D eigenvalue weighted by atomic mass is 10.0. The molecule has 1 heterocycles. The average molecular weight is 292 g/mol. The van der Waals surface area contributed by atoms with Crippen LogP contribution >= 0.6 is 0 Å². The Bertz CT molecular complexity index is 492. The highest BCUT2D eigenvalue weighted by atomic mass is 16.5. The Hall–Kier alpha value is -2.24. The van der Waals surface area contributed by atoms with Gasteiger partial charge in [0.2, 0.25) is 0 Å². The first-order valence-electron chi connectivity index (χ1n) is 7.04. The summed E-state index contributed by atoms with van der Waals surface area (Å²) in [4.78, 5) is 24.6. The Morgan fingerprint density at radius 1 is 1.38 bits per heavy atom. The summed E-state index contributed by atoms with van der Waals surface area (Å²) >= 11 is 0. The number of carboxylic acid groups (broad SMARTS) is 1. The number of aliphatic carboxylic acids is 1. The second-order valence-corrected chi connectivity index (χ2v) is 5.06. The molecule has 1 aliphatic heterocycles. The number of nitrogens with zero attached hydrogens (tertiary/aromatic N) is 1. The number of benzene rings is 1. The second kappa shape index (κ2) is 6.97. The van der Waals surface area contributed by atoms with Crippen molar-refractivity contribution in [2.45, 2.75) is 19.4 Å². The predicted octanol–water partition coefficient (Wildman–Crippen LogP) is 1.57. The van der Waals surface area contributed by atoms with Gasteiger partial charge in [-0.15, -0.1) is 0 Å². The molecular weight excluding hydrogens is 272 g/mol. The number of para-hydroxylation sites is 1. The quantitative estimate of drug-likeness (QED) is 0.807. The van der Waals surface area contributed by atoms with Crippen molar-refractivity contribution in [2.75, 3.05) is 19.7 Å². The van der Waals surface area contributed by atoms with Crippen LogP contribution in [0.4, 0.5) is 4.79 Å². The van der Waals surface area contributed by atoms with Gasteiger partial charge in [-0.1, -0.05) is 18.2 Å². The van der Waals surface area contributed by atoms with Crippen LogP contribution in [-0.4, -0.2) is 47.7 Å². The monoisotopic (exact) mass is 292 g/mol. The van der Waals surface area contributed by atoms with E-state index in [0.29, 0.717) is 26.1 Å². The molecule has 0 radical (unpaired) electrons. The third-order valence-electron chi connectivity index (χ3n) is 3.72. The van der Waals surface area contributed by atoms with Crippen LogP contribution < -0.4 is 10.1 Å². The van der Waals surface area contributed by atoms with Crippen LogP contribution in [0, 0.1) is 5.92 Å². The van der Waals surface area contributed by atoms with Gasteiger partial charge in [0.1, 0.15) is 12.4 Å². The van der Waals surface area contributed by atoms with Crippen LogP contribution in [0.15, 0.2) is 30.3 Å². The van der Waals surface area contributed by atoms with Crippen molar-refractivity contribution < 1.29 is 19.4 Å². The number of carbonyl (C=O) groups excluding carboxylic acids is 1. The Morgan fingerprint density at radius 2 is 2.10 bits per heavy atom. The van der Waals surface area contributed by atoms with E-state index < -0.39 is 11.9 Å². The molecule has 0 spiro atoms. The third-order valence-corrected chi connectivity index (χ3v) is 3.72. The van der Waals surface area contributed by atoms with Crippen LogP contribution in [-0.2, 0) is 4.79 Å². The van der Waals surface area contributed by atoms with E-state index in [0.717, 1.165) is 5.75 Å². The summed E-state index contributed by atoms with van der Waals surface area (Å²) in [6.45, 7) is 3.00. The molecule has 2 rings (SSSR count). The van der Waals surface area contributed by atoms with Crippen molar-refractivity contribution in [3.05, 3.63) is 30.3 Å². The Labute approximate surface area is 123 Å². The normalized spacial score (nSPS) is 21.1. The molecule has 2 N–H and O–H groups in total. The average Bonchev–Trinajstić information content (AvgIpc) is 2.86. The fourth-order valence-electron chi connectivity index (χ4n) is 2.50. The molecule has 114 valence electrons. The van der Waals surface area contributed by atoms with Gasteiger partial charge in [-0.25, -0.2) is 4.79 Å². The van der Waals surface area contributed by atoms with Gasteiger partial charge in [-0.2, -0.15) is 0 Å². The lowest BCUT2D eigenvalue weighted by molar-refractivity contribution is -0.142. The number of hydrogen-bond acceptors (Lipinski definition) is 3. The predicted molar refractivity (Wildman–Crippen MR) is 77.2 cm³/mol. The SMILES string of the molecule is CC1C(C(=O)O)CCN1C(=O)NCCOc1ccccc1. The van der Waals surface area contributed by atoms with Gasteiger partial charge in [0.25, 0.3) is 0 Å². The summed E-state index contributed by atoms with van der Waals surface area (Å²) in [7, 11) is 0. The molecule has 1 aliphatic rings. The standard InChI is InChI=1S/C15H20N2O4/c1-11-13(14(18)19)7-9-17(11)15(20)16-8-10-21-12-5-3-2-4-6-12/h2-6,11,13H,7-10H2,1H3,(H,16,20)(H,18,19). The molecular formula is C15H20N2O4. The van der Waals surface area contributed by atoms with E-state index in [1.807, 2.05) is 30.3 Å². The highest BCUT2D eigenvalue weighted by Crippen LogP contribution is 2.24. The highest BCUT2D eigenvalue weighted by molar-refractivity contribution is 5.78. The summed E-state index contributed by atoms with van der Waals surface area (Å²) < 4.78 is 5.48. The molecule has 6 nitrogen and oxygen atoms in total. The Morgan fingerprint density at radius 3 is 2.71 bits per heavy atom. The minimum atomic E-state index is -0.842. The Kier molecular flexibility index (Phi) is 5.03. The summed E-state index contributed by atoms with van der Waals surface area (Å²) in [5, 5.41) is 11.8. The number of hydrogen-bond donors (Lipinski definition) is 2. The van der Waals surface area contributed by atoms with E-state index in [1.165, 1.54) is 0 Å². The van der Waals surface area contributed by atoms with Crippen molar-refractivity contribution in [3.63, 3.8) is 0 Å². The molecule has 1 aromatic rings. The molecule has 2 atom stereocenters. The van der Waals surface area contributed by atoms with Gasteiger partial charge in [-0.3, -0.25) is 4.79 Å². The number of nitrogens with one attached hydrogen (secondary N) is 1. The van der Waals surface area contributed by atoms with E-state index in [4.69, 9.17) is 9.84 Å². The van der Waals surface area contributed by atoms with Gasteiger partial charge in [0.15, 0.2) is 0 Å². The summed E-state index contributed by atoms with van der Waals surface area (Å²) in [5.41, 5.74) is 0. The maximum atomic E-state index is 12.0. The van der Waals surface area contributed by atoms with E-state index >= 15 is 0 Å². The number of amides is 2. The first kappa shape index (κ1) is 15.2. The molecule has 6 heteroatoms. The smallest absolute Gasteiger partial charge is 0.317 e. The number of rotatable bonds is 5. The van der Waals surface area contributed by atoms with E-state index in [9.17, 15) is 9.59 Å². The topological polar surface area (TPSA) is 78.9 Å². The minimum Gasteiger partial charge on any atom is -0.492 e. The lowest BCUT2D eigenvalue weighted by Crippen LogP contribution is -2.44. The molecule has 1 aromatic carbocycles.